The highest BCUT2D eigenvalue weighted by atomic mass is 127. The van der Waals surface area contributed by atoms with E-state index < -0.39 is 0 Å². The van der Waals surface area contributed by atoms with Crippen molar-refractivity contribution in [2.24, 2.45) is 5.10 Å². The first-order valence-electron chi connectivity index (χ1n) is 6.89. The van der Waals surface area contributed by atoms with Crippen LogP contribution < -0.4 is 14.9 Å². The van der Waals surface area contributed by atoms with Crippen LogP contribution in [0.15, 0.2) is 41.8 Å². The third kappa shape index (κ3) is 4.65. The number of hydrogen-bond donors (Lipinski definition) is 1. The standard InChI is InChI=1S/C16H16IN3O3/c1-3-23-14-9-11(8-13(17)15(14)22-2)10-19-20-16(21)12-4-6-18-7-5-12/h4-10H,3H2,1-2H3,(H,20,21)/b19-10+. The number of halogens is 1. The van der Waals surface area contributed by atoms with E-state index in [0.717, 1.165) is 9.13 Å². The molecule has 23 heavy (non-hydrogen) atoms. The van der Waals surface area contributed by atoms with Crippen molar-refractivity contribution in [2.45, 2.75) is 6.92 Å². The van der Waals surface area contributed by atoms with Gasteiger partial charge in [-0.25, -0.2) is 5.43 Å². The summed E-state index contributed by atoms with van der Waals surface area (Å²) in [5.41, 5.74) is 3.77. The number of hydrogen-bond acceptors (Lipinski definition) is 5. The Bertz CT molecular complexity index is 705. The van der Waals surface area contributed by atoms with Gasteiger partial charge in [-0.1, -0.05) is 0 Å². The minimum atomic E-state index is -0.295. The monoisotopic (exact) mass is 425 g/mol. The highest BCUT2D eigenvalue weighted by Crippen LogP contribution is 2.33. The Labute approximate surface area is 148 Å². The molecule has 0 unspecified atom stereocenters. The first-order chi connectivity index (χ1) is 11.2. The van der Waals surface area contributed by atoms with Gasteiger partial charge in [0.15, 0.2) is 11.5 Å². The van der Waals surface area contributed by atoms with Crippen molar-refractivity contribution in [3.63, 3.8) is 0 Å². The fourth-order valence-corrected chi connectivity index (χ4v) is 2.70. The fourth-order valence-electron chi connectivity index (χ4n) is 1.86. The van der Waals surface area contributed by atoms with Gasteiger partial charge in [0, 0.05) is 18.0 Å². The van der Waals surface area contributed by atoms with E-state index in [4.69, 9.17) is 9.47 Å². The van der Waals surface area contributed by atoms with Gasteiger partial charge in [0.1, 0.15) is 0 Å². The molecule has 0 saturated carbocycles. The van der Waals surface area contributed by atoms with E-state index in [1.165, 1.54) is 0 Å². The second-order valence-electron chi connectivity index (χ2n) is 4.40. The molecule has 0 saturated heterocycles. The summed E-state index contributed by atoms with van der Waals surface area (Å²) in [6.45, 7) is 2.44. The Balaban J connectivity index is 2.12. The Morgan fingerprint density at radius 1 is 1.39 bits per heavy atom. The molecule has 0 aliphatic heterocycles. The van der Waals surface area contributed by atoms with E-state index in [-0.39, 0.29) is 5.91 Å². The summed E-state index contributed by atoms with van der Waals surface area (Å²) in [6, 6.07) is 6.94. The molecule has 2 aromatic rings. The van der Waals surface area contributed by atoms with Gasteiger partial charge in [0.25, 0.3) is 5.91 Å². The number of amides is 1. The van der Waals surface area contributed by atoms with Gasteiger partial charge in [0.05, 0.1) is 23.5 Å². The van der Waals surface area contributed by atoms with Crippen LogP contribution in [-0.2, 0) is 0 Å². The topological polar surface area (TPSA) is 72.8 Å². The molecule has 0 radical (unpaired) electrons. The smallest absolute Gasteiger partial charge is 0.271 e. The molecule has 1 heterocycles. The second-order valence-corrected chi connectivity index (χ2v) is 5.56. The van der Waals surface area contributed by atoms with Crippen molar-refractivity contribution in [1.82, 2.24) is 10.4 Å². The minimum absolute atomic E-state index is 0.295. The van der Waals surface area contributed by atoms with Crippen molar-refractivity contribution < 1.29 is 14.3 Å². The molecule has 0 fully saturated rings. The minimum Gasteiger partial charge on any atom is -0.492 e. The number of carbonyl (C=O) groups is 1. The van der Waals surface area contributed by atoms with Crippen LogP contribution in [0.2, 0.25) is 0 Å². The number of carbonyl (C=O) groups excluding carboxylic acids is 1. The van der Waals surface area contributed by atoms with Gasteiger partial charge in [0.2, 0.25) is 0 Å². The molecule has 0 aliphatic rings. The summed E-state index contributed by atoms with van der Waals surface area (Å²) in [7, 11) is 1.60. The van der Waals surface area contributed by atoms with E-state index in [1.807, 2.05) is 19.1 Å². The van der Waals surface area contributed by atoms with Crippen LogP contribution in [0, 0.1) is 3.57 Å². The molecule has 0 aliphatic carbocycles. The van der Waals surface area contributed by atoms with Crippen LogP contribution in [0.5, 0.6) is 11.5 Å². The van der Waals surface area contributed by atoms with E-state index >= 15 is 0 Å². The van der Waals surface area contributed by atoms with Crippen LogP contribution in [0.4, 0.5) is 0 Å². The zero-order chi connectivity index (χ0) is 16.7. The van der Waals surface area contributed by atoms with Crippen LogP contribution in [0.1, 0.15) is 22.8 Å². The Morgan fingerprint density at radius 3 is 2.78 bits per heavy atom. The number of rotatable bonds is 6. The number of pyridine rings is 1. The third-order valence-electron chi connectivity index (χ3n) is 2.86. The van der Waals surface area contributed by atoms with Crippen molar-refractivity contribution in [2.75, 3.05) is 13.7 Å². The Morgan fingerprint density at radius 2 is 2.13 bits per heavy atom. The number of nitrogens with one attached hydrogen (secondary N) is 1. The molecule has 0 bridgehead atoms. The van der Waals surface area contributed by atoms with Gasteiger partial charge in [-0.15, -0.1) is 0 Å². The van der Waals surface area contributed by atoms with Gasteiger partial charge in [-0.2, -0.15) is 5.10 Å². The lowest BCUT2D eigenvalue weighted by Gasteiger charge is -2.11. The number of nitrogens with zero attached hydrogens (tertiary/aromatic N) is 2. The van der Waals surface area contributed by atoms with Gasteiger partial charge in [-0.3, -0.25) is 9.78 Å². The van der Waals surface area contributed by atoms with E-state index in [9.17, 15) is 4.79 Å². The van der Waals surface area contributed by atoms with Crippen LogP contribution in [-0.4, -0.2) is 30.8 Å². The maximum absolute atomic E-state index is 11.9. The zero-order valence-electron chi connectivity index (χ0n) is 12.7. The number of ether oxygens (including phenoxy) is 2. The first kappa shape index (κ1) is 17.2. The highest BCUT2D eigenvalue weighted by molar-refractivity contribution is 14.1. The van der Waals surface area contributed by atoms with Gasteiger partial charge >= 0.3 is 0 Å². The average molecular weight is 425 g/mol. The molecule has 7 heteroatoms. The molecule has 6 nitrogen and oxygen atoms in total. The zero-order valence-corrected chi connectivity index (χ0v) is 14.9. The molecule has 2 rings (SSSR count). The van der Waals surface area contributed by atoms with Crippen LogP contribution >= 0.6 is 22.6 Å². The summed E-state index contributed by atoms with van der Waals surface area (Å²) in [6.07, 6.45) is 4.67. The van der Waals surface area contributed by atoms with E-state index in [2.05, 4.69) is 38.1 Å². The quantitative estimate of drug-likeness (QED) is 0.439. The lowest BCUT2D eigenvalue weighted by atomic mass is 10.2. The van der Waals surface area contributed by atoms with Gasteiger partial charge < -0.3 is 9.47 Å². The number of hydrazone groups is 1. The lowest BCUT2D eigenvalue weighted by molar-refractivity contribution is 0.0955. The number of methoxy groups -OCH3 is 1. The Kier molecular flexibility index (Phi) is 6.33. The first-order valence-corrected chi connectivity index (χ1v) is 7.97. The molecule has 1 amide bonds. The van der Waals surface area contributed by atoms with Gasteiger partial charge in [-0.05, 0) is 59.3 Å². The SMILES string of the molecule is CCOc1cc(/C=N/NC(=O)c2ccncc2)cc(I)c1OC. The summed E-state index contributed by atoms with van der Waals surface area (Å²) in [5.74, 6) is 1.03. The second kappa shape index (κ2) is 8.47. The van der Waals surface area contributed by atoms with Crippen LogP contribution in [0.3, 0.4) is 0 Å². The summed E-state index contributed by atoms with van der Waals surface area (Å²) < 4.78 is 11.8. The van der Waals surface area contributed by atoms with E-state index in [0.29, 0.717) is 23.7 Å². The van der Waals surface area contributed by atoms with Crippen molar-refractivity contribution >= 4 is 34.7 Å². The average Bonchev–Trinajstić information content (AvgIpc) is 2.56. The van der Waals surface area contributed by atoms with E-state index in [1.54, 1.807) is 37.9 Å². The highest BCUT2D eigenvalue weighted by Gasteiger charge is 2.10. The molecule has 0 spiro atoms. The largest absolute Gasteiger partial charge is 0.492 e. The van der Waals surface area contributed by atoms with Crippen molar-refractivity contribution in [3.8, 4) is 11.5 Å². The summed E-state index contributed by atoms with van der Waals surface area (Å²) in [5, 5.41) is 3.97. The molecular formula is C16H16IN3O3. The Hall–Kier alpha value is -2.16. The lowest BCUT2D eigenvalue weighted by Crippen LogP contribution is -2.17. The maximum Gasteiger partial charge on any atom is 0.271 e. The predicted octanol–water partition coefficient (Wildman–Crippen LogP) is 2.86. The normalized spacial score (nSPS) is 10.6. The molecular weight excluding hydrogens is 409 g/mol. The van der Waals surface area contributed by atoms with Crippen LogP contribution in [0.25, 0.3) is 0 Å². The third-order valence-corrected chi connectivity index (χ3v) is 3.66. The van der Waals surface area contributed by atoms with Crippen molar-refractivity contribution in [1.29, 1.82) is 0 Å². The molecule has 0 atom stereocenters. The molecule has 1 N–H and O–H groups in total. The summed E-state index contributed by atoms with van der Waals surface area (Å²) >= 11 is 2.16. The predicted molar refractivity (Wildman–Crippen MR) is 96.2 cm³/mol. The maximum atomic E-state index is 11.9. The van der Waals surface area contributed by atoms with Crippen molar-refractivity contribution in [3.05, 3.63) is 51.4 Å². The number of benzene rings is 1. The molecule has 1 aromatic carbocycles. The molecule has 1 aromatic heterocycles. The molecule has 120 valence electrons. The fraction of sp³-hybridized carbons (Fsp3) is 0.188. The summed E-state index contributed by atoms with van der Waals surface area (Å²) in [4.78, 5) is 15.7. The number of aromatic nitrogens is 1.